The maximum absolute atomic E-state index is 13.1. The fraction of sp³-hybridized carbons (Fsp3) is 0.222. The van der Waals surface area contributed by atoms with Gasteiger partial charge in [0.05, 0.1) is 18.9 Å². The molecule has 1 saturated heterocycles. The minimum absolute atomic E-state index is 0.205. The standard InChI is InChI=1S/C27H24ClN3O3/c1-27(2)25(32)31(21-12-15-24(29-3)23(28)18-21)26(33)30(27)16-7-17-34-22-13-10-20(11-14-22)19-8-5-4-6-9-19/h4-6,8-15,18H,7,16-17H2,1-2H3. The molecule has 3 aromatic rings. The molecule has 0 atom stereocenters. The minimum Gasteiger partial charge on any atom is -0.494 e. The van der Waals surface area contributed by atoms with E-state index >= 15 is 0 Å². The van der Waals surface area contributed by atoms with Crippen molar-refractivity contribution >= 4 is 34.9 Å². The van der Waals surface area contributed by atoms with Crippen molar-refractivity contribution in [3.8, 4) is 16.9 Å². The molecule has 3 amide bonds. The molecular formula is C27H24ClN3O3. The van der Waals surface area contributed by atoms with Gasteiger partial charge in [0.15, 0.2) is 0 Å². The molecule has 34 heavy (non-hydrogen) atoms. The van der Waals surface area contributed by atoms with Crippen LogP contribution in [0.1, 0.15) is 20.3 Å². The van der Waals surface area contributed by atoms with Crippen LogP contribution in [-0.4, -0.2) is 35.5 Å². The number of hydrogen-bond donors (Lipinski definition) is 0. The number of hydrogen-bond acceptors (Lipinski definition) is 3. The summed E-state index contributed by atoms with van der Waals surface area (Å²) < 4.78 is 5.86. The number of rotatable bonds is 7. The fourth-order valence-corrected chi connectivity index (χ4v) is 4.17. The van der Waals surface area contributed by atoms with E-state index in [0.29, 0.717) is 25.3 Å². The third-order valence-electron chi connectivity index (χ3n) is 5.89. The lowest BCUT2D eigenvalue weighted by atomic mass is 10.0. The van der Waals surface area contributed by atoms with E-state index in [4.69, 9.17) is 22.9 Å². The molecule has 0 bridgehead atoms. The van der Waals surface area contributed by atoms with Crippen molar-refractivity contribution in [1.29, 1.82) is 0 Å². The molecule has 0 radical (unpaired) electrons. The lowest BCUT2D eigenvalue weighted by Crippen LogP contribution is -2.44. The van der Waals surface area contributed by atoms with Crippen molar-refractivity contribution in [2.24, 2.45) is 0 Å². The molecule has 0 aliphatic carbocycles. The smallest absolute Gasteiger partial charge is 0.332 e. The van der Waals surface area contributed by atoms with E-state index in [1.807, 2.05) is 42.5 Å². The van der Waals surface area contributed by atoms with E-state index in [9.17, 15) is 9.59 Å². The van der Waals surface area contributed by atoms with Crippen LogP contribution in [0.3, 0.4) is 0 Å². The highest BCUT2D eigenvalue weighted by Crippen LogP contribution is 2.36. The van der Waals surface area contributed by atoms with Gasteiger partial charge in [-0.2, -0.15) is 0 Å². The summed E-state index contributed by atoms with van der Waals surface area (Å²) in [5.74, 6) is 0.417. The van der Waals surface area contributed by atoms with Gasteiger partial charge in [0.1, 0.15) is 11.3 Å². The molecule has 0 N–H and O–H groups in total. The third kappa shape index (κ3) is 4.48. The van der Waals surface area contributed by atoms with Crippen molar-refractivity contribution in [2.75, 3.05) is 18.1 Å². The Morgan fingerprint density at radius 2 is 1.65 bits per heavy atom. The highest BCUT2D eigenvalue weighted by atomic mass is 35.5. The number of urea groups is 1. The van der Waals surface area contributed by atoms with E-state index in [0.717, 1.165) is 21.8 Å². The number of benzene rings is 3. The molecule has 1 fully saturated rings. The number of carbonyl (C=O) groups is 2. The lowest BCUT2D eigenvalue weighted by Gasteiger charge is -2.27. The zero-order valence-corrected chi connectivity index (χ0v) is 19.7. The number of amides is 3. The van der Waals surface area contributed by atoms with Gasteiger partial charge in [-0.15, -0.1) is 0 Å². The number of ether oxygens (including phenoxy) is 1. The maximum atomic E-state index is 13.1. The van der Waals surface area contributed by atoms with Crippen LogP contribution in [0.15, 0.2) is 72.8 Å². The van der Waals surface area contributed by atoms with Crippen LogP contribution in [0.25, 0.3) is 16.0 Å². The summed E-state index contributed by atoms with van der Waals surface area (Å²) in [7, 11) is 0. The average Bonchev–Trinajstić information content (AvgIpc) is 3.01. The Balaban J connectivity index is 1.37. The summed E-state index contributed by atoms with van der Waals surface area (Å²) in [4.78, 5) is 32.2. The topological polar surface area (TPSA) is 54.2 Å². The molecule has 6 nitrogen and oxygen atoms in total. The van der Waals surface area contributed by atoms with Crippen LogP contribution in [0.2, 0.25) is 5.02 Å². The number of imide groups is 1. The Morgan fingerprint density at radius 3 is 2.29 bits per heavy atom. The first-order valence-electron chi connectivity index (χ1n) is 10.9. The van der Waals surface area contributed by atoms with E-state index < -0.39 is 11.6 Å². The Morgan fingerprint density at radius 1 is 0.971 bits per heavy atom. The Bertz CT molecular complexity index is 1250. The molecule has 0 saturated carbocycles. The second-order valence-corrected chi connectivity index (χ2v) is 8.88. The van der Waals surface area contributed by atoms with Crippen LogP contribution in [-0.2, 0) is 4.79 Å². The molecule has 4 rings (SSSR count). The Kier molecular flexibility index (Phi) is 6.58. The monoisotopic (exact) mass is 473 g/mol. The van der Waals surface area contributed by atoms with Crippen molar-refractivity contribution in [3.63, 3.8) is 0 Å². The number of nitrogens with zero attached hydrogens (tertiary/aromatic N) is 3. The first-order chi connectivity index (χ1) is 16.3. The quantitative estimate of drug-likeness (QED) is 0.221. The molecular weight excluding hydrogens is 450 g/mol. The summed E-state index contributed by atoms with van der Waals surface area (Å²) in [5.41, 5.74) is 1.88. The molecule has 7 heteroatoms. The minimum atomic E-state index is -1.00. The molecule has 172 valence electrons. The van der Waals surface area contributed by atoms with Crippen LogP contribution in [0.4, 0.5) is 16.2 Å². The van der Waals surface area contributed by atoms with Gasteiger partial charge < -0.3 is 9.64 Å². The van der Waals surface area contributed by atoms with Gasteiger partial charge in [0.25, 0.3) is 5.91 Å². The normalized spacial score (nSPS) is 14.9. The predicted molar refractivity (Wildman–Crippen MR) is 133 cm³/mol. The first kappa shape index (κ1) is 23.3. The number of anilines is 1. The zero-order chi connectivity index (χ0) is 24.3. The van der Waals surface area contributed by atoms with Gasteiger partial charge >= 0.3 is 6.03 Å². The summed E-state index contributed by atoms with van der Waals surface area (Å²) in [6.07, 6.45) is 0.564. The number of halogens is 1. The largest absolute Gasteiger partial charge is 0.494 e. The summed E-state index contributed by atoms with van der Waals surface area (Å²) in [6.45, 7) is 11.3. The first-order valence-corrected chi connectivity index (χ1v) is 11.3. The van der Waals surface area contributed by atoms with Gasteiger partial charge in [0.2, 0.25) is 5.69 Å². The van der Waals surface area contributed by atoms with E-state index in [1.54, 1.807) is 24.8 Å². The maximum Gasteiger partial charge on any atom is 0.332 e. The van der Waals surface area contributed by atoms with Gasteiger partial charge in [-0.1, -0.05) is 60.1 Å². The Labute approximate surface area is 204 Å². The molecule has 1 aliphatic heterocycles. The third-order valence-corrected chi connectivity index (χ3v) is 6.19. The molecule has 3 aromatic carbocycles. The van der Waals surface area contributed by atoms with Crippen molar-refractivity contribution < 1.29 is 14.3 Å². The molecule has 1 aliphatic rings. The molecule has 0 aromatic heterocycles. The fourth-order valence-electron chi connectivity index (χ4n) is 3.95. The molecule has 0 unspecified atom stereocenters. The molecule has 0 spiro atoms. The van der Waals surface area contributed by atoms with Crippen LogP contribution >= 0.6 is 11.6 Å². The summed E-state index contributed by atoms with van der Waals surface area (Å²) >= 11 is 6.12. The van der Waals surface area contributed by atoms with Crippen molar-refractivity contribution in [1.82, 2.24) is 4.90 Å². The average molecular weight is 474 g/mol. The second-order valence-electron chi connectivity index (χ2n) is 8.47. The van der Waals surface area contributed by atoms with Gasteiger partial charge in [-0.3, -0.25) is 4.79 Å². The molecule has 1 heterocycles. The van der Waals surface area contributed by atoms with Crippen LogP contribution in [0.5, 0.6) is 5.75 Å². The highest BCUT2D eigenvalue weighted by molar-refractivity contribution is 6.34. The number of carbonyl (C=O) groups excluding carboxylic acids is 2. The zero-order valence-electron chi connectivity index (χ0n) is 19.0. The van der Waals surface area contributed by atoms with E-state index in [-0.39, 0.29) is 16.6 Å². The van der Waals surface area contributed by atoms with Crippen molar-refractivity contribution in [3.05, 3.63) is 89.2 Å². The summed E-state index contributed by atoms with van der Waals surface area (Å²) in [6, 6.07) is 22.1. The van der Waals surface area contributed by atoms with Crippen LogP contribution in [0, 0.1) is 6.57 Å². The van der Waals surface area contributed by atoms with Crippen molar-refractivity contribution in [2.45, 2.75) is 25.8 Å². The van der Waals surface area contributed by atoms with Gasteiger partial charge in [-0.25, -0.2) is 14.5 Å². The predicted octanol–water partition coefficient (Wildman–Crippen LogP) is 6.57. The lowest BCUT2D eigenvalue weighted by molar-refractivity contribution is -0.123. The second kappa shape index (κ2) is 9.58. The Hall–Kier alpha value is -3.82. The SMILES string of the molecule is [C-]#[N+]c1ccc(N2C(=O)N(CCCOc3ccc(-c4ccccc4)cc3)C(C)(C)C2=O)cc1Cl. The van der Waals surface area contributed by atoms with Gasteiger partial charge in [0, 0.05) is 11.6 Å². The van der Waals surface area contributed by atoms with Gasteiger partial charge in [-0.05, 0) is 55.7 Å². The summed E-state index contributed by atoms with van der Waals surface area (Å²) in [5, 5.41) is 0.205. The van der Waals surface area contributed by atoms with E-state index in [1.165, 1.54) is 12.1 Å². The van der Waals surface area contributed by atoms with E-state index in [2.05, 4.69) is 17.0 Å². The highest BCUT2D eigenvalue weighted by Gasteiger charge is 2.51. The van der Waals surface area contributed by atoms with Crippen LogP contribution < -0.4 is 9.64 Å².